The minimum Gasteiger partial charge on any atom is -0.379 e. The summed E-state index contributed by atoms with van der Waals surface area (Å²) in [5.74, 6) is 0. The van der Waals surface area contributed by atoms with Crippen LogP contribution >= 0.6 is 0 Å². The standard InChI is InChI=1S/C25H25N3/c1-19-8-6-13-25(20(19)2)22-11-7-12-23(14-22)27-16-24-15-26-18-28(24)17-21-9-4-3-5-10-21/h3-15,18,27H,16-17H2,1-2H3. The van der Waals surface area contributed by atoms with Crippen LogP contribution in [0.15, 0.2) is 85.3 Å². The lowest BCUT2D eigenvalue weighted by Gasteiger charge is -2.13. The van der Waals surface area contributed by atoms with Crippen LogP contribution in [0.2, 0.25) is 0 Å². The van der Waals surface area contributed by atoms with Gasteiger partial charge in [-0.25, -0.2) is 4.98 Å². The van der Waals surface area contributed by atoms with Crippen molar-refractivity contribution in [3.05, 3.63) is 108 Å². The Hall–Kier alpha value is -3.33. The molecule has 1 heterocycles. The van der Waals surface area contributed by atoms with Gasteiger partial charge in [0.1, 0.15) is 0 Å². The summed E-state index contributed by atoms with van der Waals surface area (Å²) in [6.45, 7) is 5.92. The average Bonchev–Trinajstić information content (AvgIpc) is 3.16. The maximum absolute atomic E-state index is 4.34. The van der Waals surface area contributed by atoms with Crippen LogP contribution in [0.1, 0.15) is 22.4 Å². The van der Waals surface area contributed by atoms with E-state index in [0.717, 1.165) is 18.8 Å². The Morgan fingerprint density at radius 3 is 2.57 bits per heavy atom. The second-order valence-corrected chi connectivity index (χ2v) is 7.18. The Morgan fingerprint density at radius 1 is 0.893 bits per heavy atom. The number of hydrogen-bond acceptors (Lipinski definition) is 2. The molecule has 0 saturated heterocycles. The first-order valence-corrected chi connectivity index (χ1v) is 9.64. The van der Waals surface area contributed by atoms with Gasteiger partial charge in [0.25, 0.3) is 0 Å². The van der Waals surface area contributed by atoms with Gasteiger partial charge in [0, 0.05) is 18.4 Å². The molecule has 0 aliphatic heterocycles. The second kappa shape index (κ2) is 8.13. The SMILES string of the molecule is Cc1cccc(-c2cccc(NCc3cncn3Cc3ccccc3)c2)c1C. The highest BCUT2D eigenvalue weighted by Crippen LogP contribution is 2.27. The van der Waals surface area contributed by atoms with Gasteiger partial charge in [-0.05, 0) is 53.8 Å². The molecule has 0 saturated carbocycles. The Kier molecular flexibility index (Phi) is 5.24. The van der Waals surface area contributed by atoms with Gasteiger partial charge in [0.2, 0.25) is 0 Å². The second-order valence-electron chi connectivity index (χ2n) is 7.18. The molecular weight excluding hydrogens is 342 g/mol. The number of nitrogens with one attached hydrogen (secondary N) is 1. The predicted molar refractivity (Wildman–Crippen MR) is 116 cm³/mol. The number of aromatic nitrogens is 2. The van der Waals surface area contributed by atoms with E-state index in [1.165, 1.54) is 33.5 Å². The molecule has 140 valence electrons. The Balaban J connectivity index is 1.49. The Morgan fingerprint density at radius 2 is 1.71 bits per heavy atom. The first kappa shape index (κ1) is 18.1. The van der Waals surface area contributed by atoms with Crippen LogP contribution in [0.3, 0.4) is 0 Å². The van der Waals surface area contributed by atoms with Gasteiger partial charge in [-0.15, -0.1) is 0 Å². The third-order valence-electron chi connectivity index (χ3n) is 5.25. The molecule has 1 aromatic heterocycles. The minimum absolute atomic E-state index is 0.739. The molecule has 4 rings (SSSR count). The first-order valence-electron chi connectivity index (χ1n) is 9.64. The topological polar surface area (TPSA) is 29.9 Å². The number of hydrogen-bond donors (Lipinski definition) is 1. The zero-order valence-electron chi connectivity index (χ0n) is 16.4. The van der Waals surface area contributed by atoms with Crippen molar-refractivity contribution in [1.29, 1.82) is 0 Å². The van der Waals surface area contributed by atoms with Crippen LogP contribution in [-0.4, -0.2) is 9.55 Å². The van der Waals surface area contributed by atoms with Gasteiger partial charge in [0.05, 0.1) is 18.6 Å². The van der Waals surface area contributed by atoms with Crippen LogP contribution < -0.4 is 5.32 Å². The van der Waals surface area contributed by atoms with Crippen molar-refractivity contribution >= 4 is 5.69 Å². The number of rotatable bonds is 6. The number of anilines is 1. The van der Waals surface area contributed by atoms with Crippen molar-refractivity contribution in [2.45, 2.75) is 26.9 Å². The summed E-state index contributed by atoms with van der Waals surface area (Å²) in [6, 6.07) is 25.6. The zero-order chi connectivity index (χ0) is 19.3. The predicted octanol–water partition coefficient (Wildman–Crippen LogP) is 5.83. The van der Waals surface area contributed by atoms with Crippen molar-refractivity contribution in [2.75, 3.05) is 5.32 Å². The highest BCUT2D eigenvalue weighted by molar-refractivity contribution is 5.71. The molecule has 0 unspecified atom stereocenters. The molecule has 0 spiro atoms. The zero-order valence-corrected chi connectivity index (χ0v) is 16.4. The molecule has 0 bridgehead atoms. The third kappa shape index (κ3) is 3.99. The van der Waals surface area contributed by atoms with E-state index in [4.69, 9.17) is 0 Å². The Labute approximate surface area is 166 Å². The van der Waals surface area contributed by atoms with Gasteiger partial charge in [-0.1, -0.05) is 60.7 Å². The largest absolute Gasteiger partial charge is 0.379 e. The van der Waals surface area contributed by atoms with Crippen LogP contribution in [-0.2, 0) is 13.1 Å². The molecular formula is C25H25N3. The van der Waals surface area contributed by atoms with Crippen molar-refractivity contribution in [2.24, 2.45) is 0 Å². The lowest BCUT2D eigenvalue weighted by Crippen LogP contribution is -2.08. The van der Waals surface area contributed by atoms with E-state index in [1.54, 1.807) is 0 Å². The molecule has 1 N–H and O–H groups in total. The maximum atomic E-state index is 4.34. The highest BCUT2D eigenvalue weighted by Gasteiger charge is 2.06. The average molecular weight is 367 g/mol. The Bertz CT molecular complexity index is 1060. The van der Waals surface area contributed by atoms with E-state index in [-0.39, 0.29) is 0 Å². The van der Waals surface area contributed by atoms with E-state index >= 15 is 0 Å². The summed E-state index contributed by atoms with van der Waals surface area (Å²) in [5, 5.41) is 3.56. The van der Waals surface area contributed by atoms with Crippen molar-refractivity contribution < 1.29 is 0 Å². The number of nitrogens with zero attached hydrogens (tertiary/aromatic N) is 2. The molecule has 3 aromatic carbocycles. The number of aryl methyl sites for hydroxylation is 1. The summed E-state index contributed by atoms with van der Waals surface area (Å²) in [4.78, 5) is 4.34. The van der Waals surface area contributed by atoms with Gasteiger partial charge < -0.3 is 9.88 Å². The summed E-state index contributed by atoms with van der Waals surface area (Å²) >= 11 is 0. The number of imidazole rings is 1. The fraction of sp³-hybridized carbons (Fsp3) is 0.160. The van der Waals surface area contributed by atoms with E-state index in [9.17, 15) is 0 Å². The molecule has 3 heteroatoms. The summed E-state index contributed by atoms with van der Waals surface area (Å²) < 4.78 is 2.19. The first-order chi connectivity index (χ1) is 13.7. The quantitative estimate of drug-likeness (QED) is 0.465. The van der Waals surface area contributed by atoms with Crippen molar-refractivity contribution in [1.82, 2.24) is 9.55 Å². The highest BCUT2D eigenvalue weighted by atomic mass is 15.1. The monoisotopic (exact) mass is 367 g/mol. The van der Waals surface area contributed by atoms with Crippen molar-refractivity contribution in [3.8, 4) is 11.1 Å². The fourth-order valence-corrected chi connectivity index (χ4v) is 3.47. The van der Waals surface area contributed by atoms with Gasteiger partial charge >= 0.3 is 0 Å². The molecule has 3 nitrogen and oxygen atoms in total. The number of benzene rings is 3. The minimum atomic E-state index is 0.739. The molecule has 0 fully saturated rings. The lowest BCUT2D eigenvalue weighted by atomic mass is 9.97. The van der Waals surface area contributed by atoms with Crippen LogP contribution in [0.25, 0.3) is 11.1 Å². The smallest absolute Gasteiger partial charge is 0.0951 e. The van der Waals surface area contributed by atoms with Crippen LogP contribution in [0, 0.1) is 13.8 Å². The third-order valence-corrected chi connectivity index (χ3v) is 5.25. The van der Waals surface area contributed by atoms with Crippen molar-refractivity contribution in [3.63, 3.8) is 0 Å². The molecule has 0 atom stereocenters. The fourth-order valence-electron chi connectivity index (χ4n) is 3.47. The molecule has 0 radical (unpaired) electrons. The van der Waals surface area contributed by atoms with E-state index in [1.807, 2.05) is 18.6 Å². The summed E-state index contributed by atoms with van der Waals surface area (Å²) in [6.07, 6.45) is 3.83. The molecule has 4 aromatic rings. The molecule has 0 aliphatic rings. The van der Waals surface area contributed by atoms with Crippen LogP contribution in [0.5, 0.6) is 0 Å². The summed E-state index contributed by atoms with van der Waals surface area (Å²) in [5.41, 5.74) is 8.74. The van der Waals surface area contributed by atoms with E-state index < -0.39 is 0 Å². The molecule has 0 aliphatic carbocycles. The van der Waals surface area contributed by atoms with E-state index in [2.05, 4.69) is 95.4 Å². The summed E-state index contributed by atoms with van der Waals surface area (Å²) in [7, 11) is 0. The maximum Gasteiger partial charge on any atom is 0.0951 e. The lowest BCUT2D eigenvalue weighted by molar-refractivity contribution is 0.749. The normalized spacial score (nSPS) is 10.8. The molecule has 28 heavy (non-hydrogen) atoms. The van der Waals surface area contributed by atoms with Gasteiger partial charge in [-0.3, -0.25) is 0 Å². The van der Waals surface area contributed by atoms with Gasteiger partial charge in [0.15, 0.2) is 0 Å². The van der Waals surface area contributed by atoms with E-state index in [0.29, 0.717) is 0 Å². The van der Waals surface area contributed by atoms with Gasteiger partial charge in [-0.2, -0.15) is 0 Å². The molecule has 0 amide bonds. The van der Waals surface area contributed by atoms with Crippen LogP contribution in [0.4, 0.5) is 5.69 Å².